The molecule has 3 nitrogen and oxygen atoms in total. The lowest BCUT2D eigenvalue weighted by Crippen LogP contribution is -1.94. The van der Waals surface area contributed by atoms with Crippen molar-refractivity contribution in [1.82, 2.24) is 4.98 Å². The van der Waals surface area contributed by atoms with E-state index in [9.17, 15) is 4.79 Å². The molecule has 0 amide bonds. The molecule has 16 heavy (non-hydrogen) atoms. The Morgan fingerprint density at radius 2 is 2.31 bits per heavy atom. The Labute approximate surface area is 101 Å². The Morgan fingerprint density at radius 3 is 2.81 bits per heavy atom. The van der Waals surface area contributed by atoms with Gasteiger partial charge in [0.05, 0.1) is 10.6 Å². The monoisotopic (exact) mass is 253 g/mol. The second kappa shape index (κ2) is 4.63. The number of carboxylic acids is 1. The van der Waals surface area contributed by atoms with Crippen LogP contribution in [-0.4, -0.2) is 16.1 Å². The van der Waals surface area contributed by atoms with Crippen molar-refractivity contribution < 1.29 is 9.90 Å². The quantitative estimate of drug-likeness (QED) is 0.855. The van der Waals surface area contributed by atoms with Gasteiger partial charge in [0.2, 0.25) is 0 Å². The summed E-state index contributed by atoms with van der Waals surface area (Å²) >= 11 is 6.90. The first-order valence-electron chi connectivity index (χ1n) is 4.55. The van der Waals surface area contributed by atoms with Gasteiger partial charge in [-0.05, 0) is 23.8 Å². The predicted octanol–water partition coefficient (Wildman–Crippen LogP) is 3.25. The summed E-state index contributed by atoms with van der Waals surface area (Å²) in [5.41, 5.74) is 1.41. The fraction of sp³-hybridized carbons (Fsp3) is 0.0909. The minimum Gasteiger partial charge on any atom is -0.477 e. The molecule has 0 saturated carbocycles. The summed E-state index contributed by atoms with van der Waals surface area (Å²) in [6.07, 6.45) is 1.68. The average Bonchev–Trinajstić information content (AvgIpc) is 2.74. The number of hydrogen-bond acceptors (Lipinski definition) is 3. The summed E-state index contributed by atoms with van der Waals surface area (Å²) in [5, 5.41) is 8.99. The lowest BCUT2D eigenvalue weighted by Gasteiger charge is -1.92. The van der Waals surface area contributed by atoms with Crippen molar-refractivity contribution in [2.75, 3.05) is 0 Å². The van der Waals surface area contributed by atoms with Gasteiger partial charge in [0.15, 0.2) is 0 Å². The minimum absolute atomic E-state index is 0.199. The lowest BCUT2D eigenvalue weighted by molar-refractivity contribution is 0.0701. The Bertz CT molecular complexity index is 510. The van der Waals surface area contributed by atoms with Crippen LogP contribution in [0.4, 0.5) is 0 Å². The first kappa shape index (κ1) is 11.1. The zero-order valence-corrected chi connectivity index (χ0v) is 9.76. The van der Waals surface area contributed by atoms with Crippen LogP contribution in [0.5, 0.6) is 0 Å². The van der Waals surface area contributed by atoms with Gasteiger partial charge >= 0.3 is 5.97 Å². The van der Waals surface area contributed by atoms with E-state index in [1.165, 1.54) is 11.3 Å². The maximum absolute atomic E-state index is 11.0. The molecular weight excluding hydrogens is 246 g/mol. The molecule has 0 radical (unpaired) electrons. The Balaban J connectivity index is 2.48. The minimum atomic E-state index is -0.942. The van der Waals surface area contributed by atoms with E-state index >= 15 is 0 Å². The Hall–Kier alpha value is -1.39. The molecule has 2 aromatic rings. The molecule has 5 heteroatoms. The first-order chi connectivity index (χ1) is 7.72. The summed E-state index contributed by atoms with van der Waals surface area (Å²) in [6.45, 7) is 0. The highest BCUT2D eigenvalue weighted by molar-refractivity contribution is 7.17. The van der Waals surface area contributed by atoms with Crippen LogP contribution < -0.4 is 0 Å². The smallest absolute Gasteiger partial charge is 0.346 e. The topological polar surface area (TPSA) is 50.2 Å². The molecule has 0 spiro atoms. The molecule has 2 aromatic heterocycles. The molecule has 0 saturated heterocycles. The molecular formula is C11H8ClNO2S. The molecule has 0 bridgehead atoms. The summed E-state index contributed by atoms with van der Waals surface area (Å²) in [7, 11) is 0. The van der Waals surface area contributed by atoms with Gasteiger partial charge in [0, 0.05) is 12.1 Å². The van der Waals surface area contributed by atoms with Crippen molar-refractivity contribution in [2.24, 2.45) is 0 Å². The van der Waals surface area contributed by atoms with Crippen LogP contribution >= 0.6 is 22.9 Å². The third-order valence-corrected chi connectivity index (χ3v) is 3.54. The number of hydrogen-bond donors (Lipinski definition) is 1. The molecule has 2 rings (SSSR count). The average molecular weight is 254 g/mol. The number of nitrogens with zero attached hydrogens (tertiary/aromatic N) is 1. The van der Waals surface area contributed by atoms with Crippen molar-refractivity contribution >= 4 is 28.9 Å². The van der Waals surface area contributed by atoms with Crippen LogP contribution in [0, 0.1) is 0 Å². The second-order valence-corrected chi connectivity index (χ2v) is 4.44. The van der Waals surface area contributed by atoms with E-state index in [0.717, 1.165) is 10.6 Å². The van der Waals surface area contributed by atoms with Crippen molar-refractivity contribution in [2.45, 2.75) is 5.88 Å². The van der Waals surface area contributed by atoms with Crippen LogP contribution in [0.1, 0.15) is 15.2 Å². The molecule has 0 aromatic carbocycles. The van der Waals surface area contributed by atoms with Crippen molar-refractivity contribution in [1.29, 1.82) is 0 Å². The van der Waals surface area contributed by atoms with Crippen LogP contribution in [0.15, 0.2) is 30.5 Å². The molecule has 0 aliphatic heterocycles. The third-order valence-electron chi connectivity index (χ3n) is 2.06. The molecule has 0 fully saturated rings. The molecule has 1 N–H and O–H groups in total. The standard InChI is InChI=1S/C11H8ClNO2S/c12-6-7-5-9(16-10(7)11(14)15)8-3-1-2-4-13-8/h1-5H,6H2,(H,14,15). The van der Waals surface area contributed by atoms with E-state index < -0.39 is 5.97 Å². The fourth-order valence-electron chi connectivity index (χ4n) is 1.34. The van der Waals surface area contributed by atoms with Crippen LogP contribution in [-0.2, 0) is 5.88 Å². The maximum atomic E-state index is 11.0. The Morgan fingerprint density at radius 1 is 1.50 bits per heavy atom. The van der Waals surface area contributed by atoms with Gasteiger partial charge in [-0.3, -0.25) is 4.98 Å². The van der Waals surface area contributed by atoms with Crippen molar-refractivity contribution in [3.05, 3.63) is 40.9 Å². The van der Waals surface area contributed by atoms with Crippen molar-refractivity contribution in [3.8, 4) is 10.6 Å². The summed E-state index contributed by atoms with van der Waals surface area (Å²) in [6, 6.07) is 7.31. The number of carbonyl (C=O) groups is 1. The first-order valence-corrected chi connectivity index (χ1v) is 5.91. The number of pyridine rings is 1. The molecule has 0 atom stereocenters. The normalized spacial score (nSPS) is 10.3. The van der Waals surface area contributed by atoms with Crippen LogP contribution in [0.2, 0.25) is 0 Å². The maximum Gasteiger partial charge on any atom is 0.346 e. The van der Waals surface area contributed by atoms with Gasteiger partial charge in [0.1, 0.15) is 4.88 Å². The number of aromatic carboxylic acids is 1. The van der Waals surface area contributed by atoms with E-state index in [0.29, 0.717) is 5.56 Å². The summed E-state index contributed by atoms with van der Waals surface area (Å²) < 4.78 is 0. The highest BCUT2D eigenvalue weighted by Gasteiger charge is 2.15. The van der Waals surface area contributed by atoms with Gasteiger partial charge in [-0.15, -0.1) is 22.9 Å². The van der Waals surface area contributed by atoms with Crippen LogP contribution in [0.25, 0.3) is 10.6 Å². The fourth-order valence-corrected chi connectivity index (χ4v) is 2.63. The van der Waals surface area contributed by atoms with E-state index in [4.69, 9.17) is 16.7 Å². The third kappa shape index (κ3) is 2.08. The molecule has 2 heterocycles. The molecule has 0 unspecified atom stereocenters. The van der Waals surface area contributed by atoms with Gasteiger partial charge < -0.3 is 5.11 Å². The van der Waals surface area contributed by atoms with E-state index in [2.05, 4.69) is 4.98 Å². The highest BCUT2D eigenvalue weighted by Crippen LogP contribution is 2.31. The van der Waals surface area contributed by atoms with E-state index in [1.807, 2.05) is 18.2 Å². The second-order valence-electron chi connectivity index (χ2n) is 3.12. The molecule has 0 aliphatic rings. The Kier molecular flexibility index (Phi) is 3.22. The number of aromatic nitrogens is 1. The lowest BCUT2D eigenvalue weighted by atomic mass is 10.2. The number of thiophene rings is 1. The number of carboxylic acid groups (broad SMARTS) is 1. The molecule has 82 valence electrons. The number of rotatable bonds is 3. The van der Waals surface area contributed by atoms with Crippen LogP contribution in [0.3, 0.4) is 0 Å². The van der Waals surface area contributed by atoms with E-state index in [-0.39, 0.29) is 10.8 Å². The van der Waals surface area contributed by atoms with E-state index in [1.54, 1.807) is 12.3 Å². The number of halogens is 1. The van der Waals surface area contributed by atoms with Gasteiger partial charge in [-0.2, -0.15) is 0 Å². The zero-order valence-electron chi connectivity index (χ0n) is 8.18. The summed E-state index contributed by atoms with van der Waals surface area (Å²) in [5.74, 6) is -0.742. The summed E-state index contributed by atoms with van der Waals surface area (Å²) in [4.78, 5) is 16.2. The largest absolute Gasteiger partial charge is 0.477 e. The SMILES string of the molecule is O=C(O)c1sc(-c2ccccn2)cc1CCl. The van der Waals surface area contributed by atoms with Gasteiger partial charge in [-0.25, -0.2) is 4.79 Å². The predicted molar refractivity (Wildman–Crippen MR) is 64.1 cm³/mol. The van der Waals surface area contributed by atoms with Gasteiger partial charge in [0.25, 0.3) is 0 Å². The zero-order chi connectivity index (χ0) is 11.5. The highest BCUT2D eigenvalue weighted by atomic mass is 35.5. The van der Waals surface area contributed by atoms with Gasteiger partial charge in [-0.1, -0.05) is 6.07 Å². The van der Waals surface area contributed by atoms with Crippen molar-refractivity contribution in [3.63, 3.8) is 0 Å². The number of alkyl halides is 1. The molecule has 0 aliphatic carbocycles.